The van der Waals surface area contributed by atoms with Crippen molar-refractivity contribution in [3.63, 3.8) is 0 Å². The number of hydrogen-bond donors (Lipinski definition) is 3. The first-order valence-electron chi connectivity index (χ1n) is 5.57. The van der Waals surface area contributed by atoms with E-state index in [2.05, 4.69) is 11.3 Å². The Labute approximate surface area is 107 Å². The molecule has 0 fully saturated rings. The highest BCUT2D eigenvalue weighted by atomic mass is 16.5. The summed E-state index contributed by atoms with van der Waals surface area (Å²) < 4.78 is 4.27. The summed E-state index contributed by atoms with van der Waals surface area (Å²) in [5.41, 5.74) is 5.30. The molecule has 2 atom stereocenters. The number of ether oxygens (including phenoxy) is 1. The number of aliphatic carboxylic acids is 1. The zero-order valence-corrected chi connectivity index (χ0v) is 11.3. The molecule has 0 aliphatic heterocycles. The molecule has 0 radical (unpaired) electrons. The largest absolute Gasteiger partial charge is 0.480 e. The smallest absolute Gasteiger partial charge is 0.335 e. The number of methoxy groups -OCH3 is 1. The molecule has 0 amide bonds. The van der Waals surface area contributed by atoms with Gasteiger partial charge in [0.1, 0.15) is 6.04 Å². The highest BCUT2D eigenvalue weighted by molar-refractivity contribution is 5.88. The number of carbonyl (C=O) groups is 2. The maximum absolute atomic E-state index is 10.5. The molecule has 0 heterocycles. The predicted octanol–water partition coefficient (Wildman–Crippen LogP) is 0.541. The summed E-state index contributed by atoms with van der Waals surface area (Å²) in [5, 5.41) is 17.0. The van der Waals surface area contributed by atoms with Crippen LogP contribution in [0.25, 0.3) is 0 Å². The van der Waals surface area contributed by atoms with E-state index in [4.69, 9.17) is 15.9 Å². The molecule has 4 N–H and O–H groups in total. The fourth-order valence-electron chi connectivity index (χ4n) is 0.910. The number of nitrogens with two attached hydrogens (primary N) is 1. The molecule has 6 nitrogen and oxygen atoms in total. The summed E-state index contributed by atoms with van der Waals surface area (Å²) in [7, 11) is 1.25. The highest BCUT2D eigenvalue weighted by Crippen LogP contribution is 2.01. The van der Waals surface area contributed by atoms with E-state index in [1.54, 1.807) is 0 Å². The second kappa shape index (κ2) is 9.61. The van der Waals surface area contributed by atoms with E-state index >= 15 is 0 Å². The van der Waals surface area contributed by atoms with Crippen LogP contribution in [0.4, 0.5) is 0 Å². The maximum atomic E-state index is 10.5. The normalized spacial score (nSPS) is 13.1. The molecule has 106 valence electrons. The minimum Gasteiger partial charge on any atom is -0.480 e. The van der Waals surface area contributed by atoms with Crippen molar-refractivity contribution in [1.82, 2.24) is 0 Å². The molecule has 1 unspecified atom stereocenters. The Morgan fingerprint density at radius 2 is 1.78 bits per heavy atom. The molecule has 0 aliphatic carbocycles. The van der Waals surface area contributed by atoms with Crippen LogP contribution in [0.2, 0.25) is 0 Å². The average molecular weight is 261 g/mol. The minimum absolute atomic E-state index is 0.0810. The standard InChI is InChI=1S/C6H13NO2.C6H10O3/c1-4(2)3-5(7)6(8)9;1-4(5(2)7)6(8)9-3/h4-5H,3,7H2,1-2H3,(H,8,9);5,7H,1H2,2-3H3/t5-;/m0./s1. The van der Waals surface area contributed by atoms with Crippen LogP contribution >= 0.6 is 0 Å². The molecular formula is C12H23NO5. The van der Waals surface area contributed by atoms with Crippen molar-refractivity contribution in [1.29, 1.82) is 0 Å². The third-order valence-electron chi connectivity index (χ3n) is 1.99. The van der Waals surface area contributed by atoms with E-state index in [0.29, 0.717) is 12.3 Å². The van der Waals surface area contributed by atoms with Crippen LogP contribution in [0.5, 0.6) is 0 Å². The third kappa shape index (κ3) is 9.80. The highest BCUT2D eigenvalue weighted by Gasteiger charge is 2.12. The molecule has 0 aliphatic rings. The number of carboxylic acids is 1. The summed E-state index contributed by atoms with van der Waals surface area (Å²) in [6, 6.07) is -0.690. The lowest BCUT2D eigenvalue weighted by Gasteiger charge is -2.07. The van der Waals surface area contributed by atoms with Gasteiger partial charge in [-0.15, -0.1) is 0 Å². The molecule has 0 bridgehead atoms. The van der Waals surface area contributed by atoms with E-state index in [9.17, 15) is 9.59 Å². The summed E-state index contributed by atoms with van der Waals surface area (Å²) in [6.07, 6.45) is -0.271. The number of hydrogen-bond acceptors (Lipinski definition) is 5. The minimum atomic E-state index is -0.913. The molecule has 0 saturated heterocycles. The summed E-state index contributed by atoms with van der Waals surface area (Å²) in [5.74, 6) is -1.12. The number of esters is 1. The molecule has 0 saturated carbocycles. The Balaban J connectivity index is 0. The zero-order chi connectivity index (χ0) is 14.9. The zero-order valence-electron chi connectivity index (χ0n) is 11.3. The van der Waals surface area contributed by atoms with Gasteiger partial charge in [0.05, 0.1) is 18.8 Å². The van der Waals surface area contributed by atoms with Gasteiger partial charge in [-0.05, 0) is 19.3 Å². The summed E-state index contributed by atoms with van der Waals surface area (Å²) in [6.45, 7) is 8.65. The number of rotatable bonds is 5. The van der Waals surface area contributed by atoms with Gasteiger partial charge in [-0.1, -0.05) is 20.4 Å². The molecule has 0 rings (SSSR count). The number of carbonyl (C=O) groups excluding carboxylic acids is 1. The molecule has 18 heavy (non-hydrogen) atoms. The lowest BCUT2D eigenvalue weighted by Crippen LogP contribution is -2.31. The van der Waals surface area contributed by atoms with Crippen LogP contribution in [-0.4, -0.2) is 41.4 Å². The Morgan fingerprint density at radius 3 is 1.89 bits per heavy atom. The second-order valence-electron chi connectivity index (χ2n) is 4.27. The third-order valence-corrected chi connectivity index (χ3v) is 1.99. The van der Waals surface area contributed by atoms with Gasteiger partial charge in [-0.3, -0.25) is 4.79 Å². The van der Waals surface area contributed by atoms with Crippen LogP contribution in [0.15, 0.2) is 12.2 Å². The summed E-state index contributed by atoms with van der Waals surface area (Å²) >= 11 is 0. The SMILES string of the molecule is C=C(C(=O)OC)C(C)O.CC(C)C[C@H](N)C(=O)O. The molecule has 0 spiro atoms. The number of aliphatic hydroxyl groups is 1. The van der Waals surface area contributed by atoms with E-state index in [-0.39, 0.29) is 5.57 Å². The first-order valence-corrected chi connectivity index (χ1v) is 5.57. The van der Waals surface area contributed by atoms with Gasteiger partial charge < -0.3 is 20.7 Å². The quantitative estimate of drug-likeness (QED) is 0.492. The van der Waals surface area contributed by atoms with Gasteiger partial charge in [0.15, 0.2) is 0 Å². The Kier molecular flexibility index (Phi) is 10.1. The summed E-state index contributed by atoms with van der Waals surface area (Å²) in [4.78, 5) is 20.6. The van der Waals surface area contributed by atoms with Gasteiger partial charge in [0, 0.05) is 0 Å². The molecule has 0 aromatic heterocycles. The second-order valence-corrected chi connectivity index (χ2v) is 4.27. The maximum Gasteiger partial charge on any atom is 0.335 e. The van der Waals surface area contributed by atoms with Crippen molar-refractivity contribution in [2.75, 3.05) is 7.11 Å². The van der Waals surface area contributed by atoms with Crippen LogP contribution in [0.1, 0.15) is 27.2 Å². The number of carboxylic acid groups (broad SMARTS) is 1. The number of aliphatic hydroxyl groups excluding tert-OH is 1. The van der Waals surface area contributed by atoms with Crippen molar-refractivity contribution in [3.05, 3.63) is 12.2 Å². The average Bonchev–Trinajstić information content (AvgIpc) is 2.26. The Bertz CT molecular complexity index is 286. The predicted molar refractivity (Wildman–Crippen MR) is 67.9 cm³/mol. The molecule has 0 aromatic rings. The van der Waals surface area contributed by atoms with E-state index < -0.39 is 24.1 Å². The van der Waals surface area contributed by atoms with Crippen LogP contribution in [0, 0.1) is 5.92 Å². The topological polar surface area (TPSA) is 110 Å². The lowest BCUT2D eigenvalue weighted by molar-refractivity contribution is -0.139. The van der Waals surface area contributed by atoms with Gasteiger partial charge in [-0.25, -0.2) is 4.79 Å². The Hall–Kier alpha value is -1.40. The van der Waals surface area contributed by atoms with Crippen LogP contribution < -0.4 is 5.73 Å². The molecule has 6 heteroatoms. The van der Waals surface area contributed by atoms with Gasteiger partial charge in [0.25, 0.3) is 0 Å². The molecular weight excluding hydrogens is 238 g/mol. The first kappa shape index (κ1) is 19.0. The van der Waals surface area contributed by atoms with Gasteiger partial charge >= 0.3 is 11.9 Å². The van der Waals surface area contributed by atoms with Gasteiger partial charge in [0.2, 0.25) is 0 Å². The van der Waals surface area contributed by atoms with E-state index in [0.717, 1.165) is 0 Å². The monoisotopic (exact) mass is 261 g/mol. The van der Waals surface area contributed by atoms with Crippen LogP contribution in [-0.2, 0) is 14.3 Å². The first-order chi connectivity index (χ1) is 8.13. The van der Waals surface area contributed by atoms with E-state index in [1.165, 1.54) is 14.0 Å². The lowest BCUT2D eigenvalue weighted by atomic mass is 10.1. The van der Waals surface area contributed by atoms with Crippen molar-refractivity contribution >= 4 is 11.9 Å². The van der Waals surface area contributed by atoms with Crippen molar-refractivity contribution < 1.29 is 24.5 Å². The van der Waals surface area contributed by atoms with Crippen molar-refractivity contribution in [2.24, 2.45) is 11.7 Å². The van der Waals surface area contributed by atoms with Gasteiger partial charge in [-0.2, -0.15) is 0 Å². The van der Waals surface area contributed by atoms with Crippen molar-refractivity contribution in [3.8, 4) is 0 Å². The Morgan fingerprint density at radius 1 is 1.33 bits per heavy atom. The van der Waals surface area contributed by atoms with E-state index in [1.807, 2.05) is 13.8 Å². The van der Waals surface area contributed by atoms with Crippen molar-refractivity contribution in [2.45, 2.75) is 39.3 Å². The molecule has 0 aromatic carbocycles. The fourth-order valence-corrected chi connectivity index (χ4v) is 0.910. The van der Waals surface area contributed by atoms with Crippen LogP contribution in [0.3, 0.4) is 0 Å². The fraction of sp³-hybridized carbons (Fsp3) is 0.667.